The molecule has 2 aromatic carbocycles. The molecule has 0 aliphatic carbocycles. The second-order valence-electron chi connectivity index (χ2n) is 7.87. The highest BCUT2D eigenvalue weighted by atomic mass is 35.5. The van der Waals surface area contributed by atoms with Crippen LogP contribution in [-0.2, 0) is 0 Å². The van der Waals surface area contributed by atoms with Crippen molar-refractivity contribution < 1.29 is 14.3 Å². The molecule has 0 spiro atoms. The minimum absolute atomic E-state index is 0. The molecular weight excluding hydrogens is 470 g/mol. The summed E-state index contributed by atoms with van der Waals surface area (Å²) in [5.74, 6) is 1.37. The number of para-hydroxylation sites is 1. The van der Waals surface area contributed by atoms with E-state index < -0.39 is 0 Å². The lowest BCUT2D eigenvalue weighted by Crippen LogP contribution is -2.38. The molecule has 1 amide bonds. The van der Waals surface area contributed by atoms with Crippen molar-refractivity contribution in [2.75, 3.05) is 44.8 Å². The van der Waals surface area contributed by atoms with Crippen LogP contribution < -0.4 is 14.4 Å². The monoisotopic (exact) mass is 505 g/mol. The summed E-state index contributed by atoms with van der Waals surface area (Å²) in [6, 6.07) is 13.3. The molecule has 0 atom stereocenters. The Morgan fingerprint density at radius 3 is 2.50 bits per heavy atom. The Morgan fingerprint density at radius 2 is 1.79 bits per heavy atom. The highest BCUT2D eigenvalue weighted by molar-refractivity contribution is 7.22. The Bertz CT molecular complexity index is 1040. The fourth-order valence-corrected chi connectivity index (χ4v) is 4.68. The highest BCUT2D eigenvalue weighted by Crippen LogP contribution is 2.34. The molecule has 34 heavy (non-hydrogen) atoms. The average molecular weight is 506 g/mol. The highest BCUT2D eigenvalue weighted by Gasteiger charge is 2.23. The molecular formula is C26H36ClN3O3S. The zero-order valence-electron chi connectivity index (χ0n) is 20.6. The summed E-state index contributed by atoms with van der Waals surface area (Å²) in [4.78, 5) is 22.6. The van der Waals surface area contributed by atoms with Gasteiger partial charge in [0.1, 0.15) is 17.0 Å². The van der Waals surface area contributed by atoms with E-state index in [0.717, 1.165) is 54.9 Å². The number of amides is 1. The molecule has 0 unspecified atom stereocenters. The number of thiazole rings is 1. The van der Waals surface area contributed by atoms with Gasteiger partial charge in [0.05, 0.1) is 18.4 Å². The fraction of sp³-hybridized carbons (Fsp3) is 0.462. The molecule has 1 aromatic heterocycles. The number of carbonyl (C=O) groups excluding carboxylic acids is 1. The standard InChI is InChI=1S/C26H35N3O3S.ClH/c1-5-8-9-18-32-21-13-10-12-20(19-21)25(30)29(17-16-28(6-2)7-3)26-27-24-22(31-4)14-11-15-23(24)33-26;/h10-15,19H,5-9,16-18H2,1-4H3;1H. The van der Waals surface area contributed by atoms with Crippen LogP contribution in [0.4, 0.5) is 5.13 Å². The van der Waals surface area contributed by atoms with E-state index in [0.29, 0.717) is 29.6 Å². The van der Waals surface area contributed by atoms with Gasteiger partial charge in [0, 0.05) is 18.7 Å². The molecule has 0 radical (unpaired) electrons. The first kappa shape index (κ1) is 27.9. The summed E-state index contributed by atoms with van der Waals surface area (Å²) >= 11 is 1.51. The van der Waals surface area contributed by atoms with Crippen LogP contribution in [0, 0.1) is 0 Å². The van der Waals surface area contributed by atoms with Crippen LogP contribution in [-0.4, -0.2) is 55.7 Å². The van der Waals surface area contributed by atoms with Gasteiger partial charge in [0.2, 0.25) is 0 Å². The van der Waals surface area contributed by atoms with Crippen molar-refractivity contribution in [1.29, 1.82) is 0 Å². The number of rotatable bonds is 13. The lowest BCUT2D eigenvalue weighted by atomic mass is 10.2. The summed E-state index contributed by atoms with van der Waals surface area (Å²) in [7, 11) is 1.64. The molecule has 0 saturated carbocycles. The van der Waals surface area contributed by atoms with Crippen LogP contribution in [0.1, 0.15) is 50.4 Å². The lowest BCUT2D eigenvalue weighted by Gasteiger charge is -2.25. The van der Waals surface area contributed by atoms with Gasteiger partial charge in [-0.05, 0) is 49.8 Å². The van der Waals surface area contributed by atoms with Crippen LogP contribution >= 0.6 is 23.7 Å². The van der Waals surface area contributed by atoms with Gasteiger partial charge in [0.15, 0.2) is 5.13 Å². The summed E-state index contributed by atoms with van der Waals surface area (Å²) < 4.78 is 12.4. The molecule has 3 aromatic rings. The maximum Gasteiger partial charge on any atom is 0.260 e. The topological polar surface area (TPSA) is 54.9 Å². The number of anilines is 1. The third kappa shape index (κ3) is 7.08. The van der Waals surface area contributed by atoms with E-state index in [9.17, 15) is 4.79 Å². The Balaban J connectivity index is 0.00000408. The SMILES string of the molecule is CCCCCOc1cccc(C(=O)N(CCN(CC)CC)c2nc3c(OC)cccc3s2)c1.Cl. The van der Waals surface area contributed by atoms with Gasteiger partial charge >= 0.3 is 0 Å². The maximum atomic E-state index is 13.7. The molecule has 0 aliphatic rings. The number of halogens is 1. The number of carbonyl (C=O) groups is 1. The second kappa shape index (κ2) is 14.1. The lowest BCUT2D eigenvalue weighted by molar-refractivity contribution is 0.0983. The van der Waals surface area contributed by atoms with E-state index in [1.54, 1.807) is 12.0 Å². The van der Waals surface area contributed by atoms with E-state index in [4.69, 9.17) is 14.5 Å². The van der Waals surface area contributed by atoms with Crippen molar-refractivity contribution in [3.05, 3.63) is 48.0 Å². The zero-order valence-corrected chi connectivity index (χ0v) is 22.2. The van der Waals surface area contributed by atoms with Crippen molar-refractivity contribution in [2.45, 2.75) is 40.0 Å². The summed E-state index contributed by atoms with van der Waals surface area (Å²) in [6.45, 7) is 10.3. The third-order valence-corrected chi connectivity index (χ3v) is 6.74. The van der Waals surface area contributed by atoms with Crippen LogP contribution in [0.25, 0.3) is 10.2 Å². The predicted octanol–water partition coefficient (Wildman–Crippen LogP) is 6.28. The smallest absolute Gasteiger partial charge is 0.260 e. The van der Waals surface area contributed by atoms with E-state index >= 15 is 0 Å². The van der Waals surface area contributed by atoms with E-state index in [-0.39, 0.29) is 18.3 Å². The molecule has 0 saturated heterocycles. The largest absolute Gasteiger partial charge is 0.494 e. The quantitative estimate of drug-likeness (QED) is 0.256. The molecule has 0 aliphatic heterocycles. The molecule has 0 bridgehead atoms. The number of methoxy groups -OCH3 is 1. The number of likely N-dealkylation sites (N-methyl/N-ethyl adjacent to an activating group) is 1. The summed E-state index contributed by atoms with van der Waals surface area (Å²) in [5, 5.41) is 0.681. The average Bonchev–Trinajstić information content (AvgIpc) is 3.28. The van der Waals surface area contributed by atoms with Crippen molar-refractivity contribution >= 4 is 45.0 Å². The molecule has 186 valence electrons. The Morgan fingerprint density at radius 1 is 1.03 bits per heavy atom. The number of hydrogen-bond acceptors (Lipinski definition) is 6. The maximum absolute atomic E-state index is 13.7. The minimum atomic E-state index is -0.0702. The van der Waals surface area contributed by atoms with Gasteiger partial charge in [-0.1, -0.05) is 57.1 Å². The second-order valence-corrected chi connectivity index (χ2v) is 8.88. The van der Waals surface area contributed by atoms with Gasteiger partial charge in [-0.15, -0.1) is 12.4 Å². The van der Waals surface area contributed by atoms with Crippen molar-refractivity contribution in [3.63, 3.8) is 0 Å². The molecule has 8 heteroatoms. The van der Waals surface area contributed by atoms with Gasteiger partial charge in [0.25, 0.3) is 5.91 Å². The Kier molecular flexibility index (Phi) is 11.6. The predicted molar refractivity (Wildman–Crippen MR) is 144 cm³/mol. The molecule has 6 nitrogen and oxygen atoms in total. The van der Waals surface area contributed by atoms with E-state index in [1.165, 1.54) is 11.3 Å². The van der Waals surface area contributed by atoms with Gasteiger partial charge in [-0.25, -0.2) is 4.98 Å². The number of hydrogen-bond donors (Lipinski definition) is 0. The molecule has 1 heterocycles. The number of ether oxygens (including phenoxy) is 2. The van der Waals surface area contributed by atoms with Crippen LogP contribution in [0.15, 0.2) is 42.5 Å². The molecule has 0 N–H and O–H groups in total. The van der Waals surface area contributed by atoms with Crippen molar-refractivity contribution in [1.82, 2.24) is 9.88 Å². The first-order valence-electron chi connectivity index (χ1n) is 11.8. The van der Waals surface area contributed by atoms with Gasteiger partial charge in [-0.3, -0.25) is 9.69 Å². The number of benzene rings is 2. The molecule has 0 fully saturated rings. The Labute approximate surface area is 213 Å². The van der Waals surface area contributed by atoms with Gasteiger partial charge in [-0.2, -0.15) is 0 Å². The van der Waals surface area contributed by atoms with Crippen molar-refractivity contribution in [2.24, 2.45) is 0 Å². The number of nitrogens with zero attached hydrogens (tertiary/aromatic N) is 3. The van der Waals surface area contributed by atoms with Gasteiger partial charge < -0.3 is 14.4 Å². The van der Waals surface area contributed by atoms with Crippen molar-refractivity contribution in [3.8, 4) is 11.5 Å². The number of aromatic nitrogens is 1. The first-order valence-corrected chi connectivity index (χ1v) is 12.6. The minimum Gasteiger partial charge on any atom is -0.494 e. The van der Waals surface area contributed by atoms with Crippen LogP contribution in [0.3, 0.4) is 0 Å². The Hall–Kier alpha value is -2.35. The number of fused-ring (bicyclic) bond motifs is 1. The van der Waals surface area contributed by atoms with E-state index in [2.05, 4.69) is 25.7 Å². The third-order valence-electron chi connectivity index (χ3n) is 5.70. The zero-order chi connectivity index (χ0) is 23.6. The van der Waals surface area contributed by atoms with Crippen LogP contribution in [0.2, 0.25) is 0 Å². The van der Waals surface area contributed by atoms with Crippen LogP contribution in [0.5, 0.6) is 11.5 Å². The normalized spacial score (nSPS) is 10.9. The van der Waals surface area contributed by atoms with E-state index in [1.807, 2.05) is 42.5 Å². The molecule has 3 rings (SSSR count). The number of unbranched alkanes of at least 4 members (excludes halogenated alkanes) is 2. The summed E-state index contributed by atoms with van der Waals surface area (Å²) in [6.07, 6.45) is 3.30. The summed E-state index contributed by atoms with van der Waals surface area (Å²) in [5.41, 5.74) is 1.39. The first-order chi connectivity index (χ1) is 16.1. The fourth-order valence-electron chi connectivity index (χ4n) is 3.67.